The molecule has 0 saturated carbocycles. The highest BCUT2D eigenvalue weighted by Crippen LogP contribution is 2.22. The summed E-state index contributed by atoms with van der Waals surface area (Å²) in [4.78, 5) is 2.17. The average molecular weight is 220 g/mol. The Morgan fingerprint density at radius 1 is 1.40 bits per heavy atom. The molecule has 1 saturated heterocycles. The number of rotatable bonds is 3. The summed E-state index contributed by atoms with van der Waals surface area (Å²) in [6, 6.07) is 10.5. The first-order chi connectivity index (χ1) is 7.27. The number of hydrogen-bond acceptors (Lipinski definition) is 2. The molecule has 1 aromatic carbocycles. The van der Waals surface area contributed by atoms with Gasteiger partial charge in [0.1, 0.15) is 0 Å². The molecule has 1 atom stereocenters. The van der Waals surface area contributed by atoms with Crippen molar-refractivity contribution >= 4 is 16.9 Å². The van der Waals surface area contributed by atoms with Gasteiger partial charge in [0.15, 0.2) is 5.17 Å². The minimum absolute atomic E-state index is 0.505. The Kier molecular flexibility index (Phi) is 3.31. The first-order valence-electron chi connectivity index (χ1n) is 5.28. The molecule has 1 aromatic rings. The second kappa shape index (κ2) is 4.71. The van der Waals surface area contributed by atoms with Crippen molar-refractivity contribution in [1.29, 1.82) is 5.41 Å². The highest BCUT2D eigenvalue weighted by molar-refractivity contribution is 8.14. The van der Waals surface area contributed by atoms with Gasteiger partial charge >= 0.3 is 0 Å². The third kappa shape index (κ3) is 2.53. The van der Waals surface area contributed by atoms with Gasteiger partial charge in [-0.3, -0.25) is 5.41 Å². The van der Waals surface area contributed by atoms with E-state index in [9.17, 15) is 0 Å². The molecule has 1 fully saturated rings. The van der Waals surface area contributed by atoms with Crippen LogP contribution in [0, 0.1) is 5.41 Å². The Balaban J connectivity index is 1.98. The number of nitrogens with one attached hydrogen (secondary N) is 1. The first kappa shape index (κ1) is 10.6. The van der Waals surface area contributed by atoms with Gasteiger partial charge in [-0.15, -0.1) is 0 Å². The summed E-state index contributed by atoms with van der Waals surface area (Å²) in [7, 11) is 0. The Bertz CT molecular complexity index is 337. The van der Waals surface area contributed by atoms with E-state index >= 15 is 0 Å². The molecule has 0 aliphatic carbocycles. The summed E-state index contributed by atoms with van der Waals surface area (Å²) in [5, 5.41) is 8.48. The summed E-state index contributed by atoms with van der Waals surface area (Å²) in [5.41, 5.74) is 1.36. The van der Waals surface area contributed by atoms with E-state index in [-0.39, 0.29) is 0 Å². The molecule has 0 radical (unpaired) electrons. The van der Waals surface area contributed by atoms with Gasteiger partial charge in [0.05, 0.1) is 0 Å². The molecule has 2 rings (SSSR count). The van der Waals surface area contributed by atoms with Crippen molar-refractivity contribution in [2.45, 2.75) is 12.8 Å². The normalized spacial score (nSPS) is 18.2. The van der Waals surface area contributed by atoms with Crippen molar-refractivity contribution in [1.82, 2.24) is 4.90 Å². The van der Waals surface area contributed by atoms with E-state index in [4.69, 9.17) is 5.41 Å². The maximum Gasteiger partial charge on any atom is 0.156 e. The monoisotopic (exact) mass is 220 g/mol. The topological polar surface area (TPSA) is 27.1 Å². The average Bonchev–Trinajstić information content (AvgIpc) is 2.66. The predicted octanol–water partition coefficient (Wildman–Crippen LogP) is 2.77. The van der Waals surface area contributed by atoms with E-state index in [2.05, 4.69) is 36.1 Å². The molecule has 0 aromatic heterocycles. The molecule has 15 heavy (non-hydrogen) atoms. The number of thioether (sulfide) groups is 1. The van der Waals surface area contributed by atoms with Gasteiger partial charge in [0, 0.05) is 18.8 Å². The van der Waals surface area contributed by atoms with Crippen molar-refractivity contribution in [2.75, 3.05) is 18.8 Å². The quantitative estimate of drug-likeness (QED) is 0.848. The Morgan fingerprint density at radius 3 is 2.73 bits per heavy atom. The first-order valence-corrected chi connectivity index (χ1v) is 6.27. The molecule has 0 spiro atoms. The lowest BCUT2D eigenvalue weighted by molar-refractivity contribution is 0.428. The maximum absolute atomic E-state index is 7.75. The Labute approximate surface area is 95.2 Å². The van der Waals surface area contributed by atoms with Gasteiger partial charge in [-0.25, -0.2) is 0 Å². The number of benzene rings is 1. The van der Waals surface area contributed by atoms with E-state index in [1.807, 2.05) is 6.07 Å². The molecule has 0 amide bonds. The van der Waals surface area contributed by atoms with Crippen molar-refractivity contribution in [3.05, 3.63) is 35.9 Å². The van der Waals surface area contributed by atoms with Crippen LogP contribution in [-0.4, -0.2) is 28.9 Å². The fourth-order valence-corrected chi connectivity index (χ4v) is 2.69. The minimum atomic E-state index is 0.505. The molecule has 1 aliphatic heterocycles. The molecular weight excluding hydrogens is 204 g/mol. The van der Waals surface area contributed by atoms with Gasteiger partial charge in [-0.1, -0.05) is 49.0 Å². The molecule has 1 heterocycles. The number of hydrogen-bond donors (Lipinski definition) is 1. The lowest BCUT2D eigenvalue weighted by Gasteiger charge is -2.21. The van der Waals surface area contributed by atoms with Gasteiger partial charge in [0.25, 0.3) is 0 Å². The van der Waals surface area contributed by atoms with Crippen LogP contribution in [-0.2, 0) is 0 Å². The molecule has 1 N–H and O–H groups in total. The number of amidine groups is 1. The van der Waals surface area contributed by atoms with E-state index in [0.29, 0.717) is 5.92 Å². The fraction of sp³-hybridized carbons (Fsp3) is 0.417. The largest absolute Gasteiger partial charge is 0.350 e. The second-order valence-electron chi connectivity index (χ2n) is 3.91. The third-order valence-electron chi connectivity index (χ3n) is 2.75. The van der Waals surface area contributed by atoms with E-state index in [1.165, 1.54) is 5.56 Å². The van der Waals surface area contributed by atoms with Gasteiger partial charge in [-0.2, -0.15) is 0 Å². The van der Waals surface area contributed by atoms with E-state index in [1.54, 1.807) is 11.8 Å². The van der Waals surface area contributed by atoms with E-state index in [0.717, 1.165) is 24.0 Å². The second-order valence-corrected chi connectivity index (χ2v) is 4.99. The van der Waals surface area contributed by atoms with Crippen LogP contribution in [0.1, 0.15) is 18.4 Å². The van der Waals surface area contributed by atoms with Gasteiger partial charge < -0.3 is 4.90 Å². The van der Waals surface area contributed by atoms with Crippen LogP contribution >= 0.6 is 11.8 Å². The van der Waals surface area contributed by atoms with Crippen LogP contribution in [0.4, 0.5) is 0 Å². The highest BCUT2D eigenvalue weighted by atomic mass is 32.2. The van der Waals surface area contributed by atoms with Crippen LogP contribution in [0.25, 0.3) is 0 Å². The molecule has 0 unspecified atom stereocenters. The Morgan fingerprint density at radius 2 is 2.13 bits per heavy atom. The summed E-state index contributed by atoms with van der Waals surface area (Å²) >= 11 is 1.65. The van der Waals surface area contributed by atoms with Crippen molar-refractivity contribution in [3.8, 4) is 0 Å². The summed E-state index contributed by atoms with van der Waals surface area (Å²) in [6.07, 6.45) is 0. The van der Waals surface area contributed by atoms with Crippen LogP contribution < -0.4 is 0 Å². The van der Waals surface area contributed by atoms with Crippen LogP contribution in [0.15, 0.2) is 30.3 Å². The highest BCUT2D eigenvalue weighted by Gasteiger charge is 2.19. The fourth-order valence-electron chi connectivity index (χ4n) is 1.84. The zero-order valence-electron chi connectivity index (χ0n) is 8.94. The molecule has 2 nitrogen and oxygen atoms in total. The zero-order chi connectivity index (χ0) is 10.7. The third-order valence-corrected chi connectivity index (χ3v) is 3.67. The van der Waals surface area contributed by atoms with E-state index < -0.39 is 0 Å². The lowest BCUT2D eigenvalue weighted by atomic mass is 10.0. The summed E-state index contributed by atoms with van der Waals surface area (Å²) < 4.78 is 0. The molecule has 1 aliphatic rings. The van der Waals surface area contributed by atoms with Gasteiger partial charge in [0.2, 0.25) is 0 Å². The van der Waals surface area contributed by atoms with Gasteiger partial charge in [-0.05, 0) is 11.5 Å². The lowest BCUT2D eigenvalue weighted by Crippen LogP contribution is -2.28. The van der Waals surface area contributed by atoms with Crippen molar-refractivity contribution in [2.24, 2.45) is 0 Å². The molecule has 80 valence electrons. The van der Waals surface area contributed by atoms with Crippen LogP contribution in [0.3, 0.4) is 0 Å². The van der Waals surface area contributed by atoms with Crippen LogP contribution in [0.2, 0.25) is 0 Å². The smallest absolute Gasteiger partial charge is 0.156 e. The van der Waals surface area contributed by atoms with Crippen LogP contribution in [0.5, 0.6) is 0 Å². The van der Waals surface area contributed by atoms with Crippen molar-refractivity contribution in [3.63, 3.8) is 0 Å². The minimum Gasteiger partial charge on any atom is -0.350 e. The zero-order valence-corrected chi connectivity index (χ0v) is 9.76. The molecular formula is C12H16N2S. The Hall–Kier alpha value is -0.960. The summed E-state index contributed by atoms with van der Waals surface area (Å²) in [5.74, 6) is 1.57. The SMILES string of the molecule is C[C@@H](CN1CCSC1=N)c1ccccc1. The molecule has 0 bridgehead atoms. The predicted molar refractivity (Wildman–Crippen MR) is 66.6 cm³/mol. The summed E-state index contributed by atoms with van der Waals surface area (Å²) in [6.45, 7) is 4.22. The number of nitrogens with zero attached hydrogens (tertiary/aromatic N) is 1. The van der Waals surface area contributed by atoms with Crippen molar-refractivity contribution < 1.29 is 0 Å². The molecule has 3 heteroatoms. The maximum atomic E-state index is 7.75. The standard InChI is InChI=1S/C12H16N2S/c1-10(11-5-3-2-4-6-11)9-14-7-8-15-12(14)13/h2-6,10,13H,7-9H2,1H3/t10-/m0/s1.